The number of benzene rings is 5. The summed E-state index contributed by atoms with van der Waals surface area (Å²) in [6.07, 6.45) is 0.104. The van der Waals surface area contributed by atoms with Gasteiger partial charge in [0.15, 0.2) is 11.6 Å². The SMILES string of the molecule is COc1ccc(C(=O)C[C@H]2c3ccccc3N[C@@H](c3ccccc3NC(=O)c3ccccc3)[C@@H]2C(=O)c2ccc(OC)cc2)cc1. The minimum atomic E-state index is -0.694. The molecule has 6 rings (SSSR count). The molecular formula is C39H34N2O5. The van der Waals surface area contributed by atoms with Crippen LogP contribution >= 0.6 is 0 Å². The molecule has 0 aromatic heterocycles. The van der Waals surface area contributed by atoms with Crippen LogP contribution in [0.2, 0.25) is 0 Å². The minimum absolute atomic E-state index is 0.0821. The largest absolute Gasteiger partial charge is 0.497 e. The normalized spacial score (nSPS) is 16.8. The van der Waals surface area contributed by atoms with E-state index in [-0.39, 0.29) is 23.9 Å². The molecule has 1 amide bonds. The second-order valence-electron chi connectivity index (χ2n) is 11.2. The number of methoxy groups -OCH3 is 2. The predicted octanol–water partition coefficient (Wildman–Crippen LogP) is 7.98. The third kappa shape index (κ3) is 6.26. The maximum absolute atomic E-state index is 14.7. The van der Waals surface area contributed by atoms with Crippen LogP contribution in [0.5, 0.6) is 11.5 Å². The number of nitrogens with one attached hydrogen (secondary N) is 2. The molecule has 7 nitrogen and oxygen atoms in total. The Morgan fingerprint density at radius 3 is 1.85 bits per heavy atom. The van der Waals surface area contributed by atoms with Crippen molar-refractivity contribution in [2.45, 2.75) is 18.4 Å². The van der Waals surface area contributed by atoms with Crippen LogP contribution in [0.1, 0.15) is 60.6 Å². The van der Waals surface area contributed by atoms with Crippen molar-refractivity contribution in [1.82, 2.24) is 0 Å². The topological polar surface area (TPSA) is 93.7 Å². The van der Waals surface area contributed by atoms with E-state index in [1.807, 2.05) is 66.7 Å². The highest BCUT2D eigenvalue weighted by molar-refractivity contribution is 6.05. The first-order valence-corrected chi connectivity index (χ1v) is 15.1. The Hall–Kier alpha value is -5.69. The second-order valence-corrected chi connectivity index (χ2v) is 11.2. The standard InChI is InChI=1S/C39H34N2O5/c1-45-28-20-16-25(17-21-28)35(42)24-32-30-12-6-8-14-33(30)40-37(36(32)38(43)26-18-22-29(46-2)23-19-26)31-13-7-9-15-34(31)41-39(44)27-10-4-3-5-11-27/h3-23,32,36-37,40H,24H2,1-2H3,(H,41,44)/t32-,36+,37-/m0/s1. The van der Waals surface area contributed by atoms with Gasteiger partial charge in [0.1, 0.15) is 11.5 Å². The van der Waals surface area contributed by atoms with Gasteiger partial charge in [0.05, 0.1) is 26.2 Å². The van der Waals surface area contributed by atoms with E-state index in [4.69, 9.17) is 9.47 Å². The molecule has 0 radical (unpaired) electrons. The molecule has 7 heteroatoms. The number of anilines is 2. The van der Waals surface area contributed by atoms with E-state index in [0.717, 1.165) is 16.8 Å². The summed E-state index contributed by atoms with van der Waals surface area (Å²) in [6.45, 7) is 0. The number of para-hydroxylation sites is 2. The molecule has 2 N–H and O–H groups in total. The Bertz CT molecular complexity index is 1850. The van der Waals surface area contributed by atoms with Crippen LogP contribution < -0.4 is 20.1 Å². The minimum Gasteiger partial charge on any atom is -0.497 e. The van der Waals surface area contributed by atoms with Crippen LogP contribution in [0, 0.1) is 5.92 Å². The van der Waals surface area contributed by atoms with Crippen molar-refractivity contribution in [2.24, 2.45) is 5.92 Å². The van der Waals surface area contributed by atoms with Crippen molar-refractivity contribution in [3.05, 3.63) is 155 Å². The number of Topliss-reactive ketones (excluding diaryl/α,β-unsaturated/α-hetero) is 2. The zero-order valence-electron chi connectivity index (χ0n) is 25.6. The van der Waals surface area contributed by atoms with E-state index in [1.54, 1.807) is 74.9 Å². The summed E-state index contributed by atoms with van der Waals surface area (Å²) in [6, 6.07) is 37.8. The Balaban J connectivity index is 1.45. The molecule has 3 atom stereocenters. The monoisotopic (exact) mass is 610 g/mol. The predicted molar refractivity (Wildman–Crippen MR) is 179 cm³/mol. The third-order valence-electron chi connectivity index (χ3n) is 8.54. The number of hydrogen-bond acceptors (Lipinski definition) is 6. The molecule has 0 aliphatic carbocycles. The fourth-order valence-corrected chi connectivity index (χ4v) is 6.19. The Morgan fingerprint density at radius 1 is 0.630 bits per heavy atom. The van der Waals surface area contributed by atoms with E-state index in [0.29, 0.717) is 33.9 Å². The van der Waals surface area contributed by atoms with Crippen LogP contribution in [0.25, 0.3) is 0 Å². The van der Waals surface area contributed by atoms with Crippen molar-refractivity contribution in [2.75, 3.05) is 24.9 Å². The zero-order chi connectivity index (χ0) is 32.0. The second kappa shape index (κ2) is 13.5. The molecule has 0 saturated carbocycles. The van der Waals surface area contributed by atoms with Crippen LogP contribution in [0.15, 0.2) is 127 Å². The lowest BCUT2D eigenvalue weighted by molar-refractivity contribution is 0.0854. The van der Waals surface area contributed by atoms with Gasteiger partial charge < -0.3 is 20.1 Å². The highest BCUT2D eigenvalue weighted by Gasteiger charge is 2.43. The summed E-state index contributed by atoms with van der Waals surface area (Å²) < 4.78 is 10.6. The van der Waals surface area contributed by atoms with Crippen molar-refractivity contribution in [3.8, 4) is 11.5 Å². The fraction of sp³-hybridized carbons (Fsp3) is 0.154. The van der Waals surface area contributed by atoms with Crippen LogP contribution in [0.3, 0.4) is 0 Å². The lowest BCUT2D eigenvalue weighted by atomic mass is 9.69. The highest BCUT2D eigenvalue weighted by Crippen LogP contribution is 2.49. The van der Waals surface area contributed by atoms with E-state index in [2.05, 4.69) is 10.6 Å². The van der Waals surface area contributed by atoms with Gasteiger partial charge in [-0.15, -0.1) is 0 Å². The zero-order valence-corrected chi connectivity index (χ0v) is 25.6. The molecule has 5 aromatic rings. The molecule has 46 heavy (non-hydrogen) atoms. The quantitative estimate of drug-likeness (QED) is 0.156. The first kappa shape index (κ1) is 30.3. The average Bonchev–Trinajstić information content (AvgIpc) is 3.11. The van der Waals surface area contributed by atoms with Crippen LogP contribution in [-0.2, 0) is 0 Å². The van der Waals surface area contributed by atoms with Gasteiger partial charge >= 0.3 is 0 Å². The van der Waals surface area contributed by atoms with Crippen LogP contribution in [-0.4, -0.2) is 31.7 Å². The Kier molecular flexibility index (Phi) is 8.92. The molecule has 0 spiro atoms. The number of amides is 1. The van der Waals surface area contributed by atoms with Gasteiger partial charge in [-0.25, -0.2) is 0 Å². The summed E-state index contributed by atoms with van der Waals surface area (Å²) in [5.74, 6) is -0.322. The molecule has 0 unspecified atom stereocenters. The van der Waals surface area contributed by atoms with Crippen molar-refractivity contribution in [3.63, 3.8) is 0 Å². The van der Waals surface area contributed by atoms with Crippen LogP contribution in [0.4, 0.5) is 11.4 Å². The number of ketones is 2. The highest BCUT2D eigenvalue weighted by atomic mass is 16.5. The van der Waals surface area contributed by atoms with Gasteiger partial charge in [-0.3, -0.25) is 14.4 Å². The van der Waals surface area contributed by atoms with Gasteiger partial charge in [0, 0.05) is 40.4 Å². The molecular weight excluding hydrogens is 576 g/mol. The molecule has 1 aliphatic rings. The maximum atomic E-state index is 14.7. The molecule has 1 heterocycles. The van der Waals surface area contributed by atoms with Gasteiger partial charge in [-0.05, 0) is 83.9 Å². The third-order valence-corrected chi connectivity index (χ3v) is 8.54. The Morgan fingerprint density at radius 2 is 1.20 bits per heavy atom. The lowest BCUT2D eigenvalue weighted by Crippen LogP contribution is -2.38. The van der Waals surface area contributed by atoms with Gasteiger partial charge in [0.2, 0.25) is 0 Å². The van der Waals surface area contributed by atoms with Gasteiger partial charge in [0.25, 0.3) is 5.91 Å². The summed E-state index contributed by atoms with van der Waals surface area (Å²) in [4.78, 5) is 41.8. The van der Waals surface area contributed by atoms with E-state index in [9.17, 15) is 14.4 Å². The molecule has 0 bridgehead atoms. The van der Waals surface area contributed by atoms with E-state index < -0.39 is 17.9 Å². The van der Waals surface area contributed by atoms with Gasteiger partial charge in [-0.1, -0.05) is 54.6 Å². The molecule has 1 aliphatic heterocycles. The summed E-state index contributed by atoms with van der Waals surface area (Å²) in [7, 11) is 3.16. The maximum Gasteiger partial charge on any atom is 0.255 e. The first-order valence-electron chi connectivity index (χ1n) is 15.1. The number of carbonyl (C=O) groups is 3. The number of rotatable bonds is 10. The molecule has 0 saturated heterocycles. The number of fused-ring (bicyclic) bond motifs is 1. The molecule has 0 fully saturated rings. The molecule has 5 aromatic carbocycles. The summed E-state index contributed by atoms with van der Waals surface area (Å²) in [5.41, 5.74) is 4.62. The van der Waals surface area contributed by atoms with Crippen molar-refractivity contribution >= 4 is 28.8 Å². The summed E-state index contributed by atoms with van der Waals surface area (Å²) in [5, 5.41) is 6.69. The number of carbonyl (C=O) groups excluding carboxylic acids is 3. The van der Waals surface area contributed by atoms with E-state index >= 15 is 0 Å². The average molecular weight is 611 g/mol. The lowest BCUT2D eigenvalue weighted by Gasteiger charge is -2.41. The van der Waals surface area contributed by atoms with Crippen molar-refractivity contribution < 1.29 is 23.9 Å². The van der Waals surface area contributed by atoms with Gasteiger partial charge in [-0.2, -0.15) is 0 Å². The Labute approximate surface area is 268 Å². The number of hydrogen-bond donors (Lipinski definition) is 2. The number of ether oxygens (including phenoxy) is 2. The fourth-order valence-electron chi connectivity index (χ4n) is 6.19. The van der Waals surface area contributed by atoms with Crippen molar-refractivity contribution in [1.29, 1.82) is 0 Å². The smallest absolute Gasteiger partial charge is 0.255 e. The first-order chi connectivity index (χ1) is 22.5. The van der Waals surface area contributed by atoms with E-state index in [1.165, 1.54) is 0 Å². The summed E-state index contributed by atoms with van der Waals surface area (Å²) >= 11 is 0. The molecule has 230 valence electrons.